The van der Waals surface area contributed by atoms with E-state index in [2.05, 4.69) is 82.5 Å². The quantitative estimate of drug-likeness (QED) is 0.195. The maximum atomic E-state index is 13.8. The predicted octanol–water partition coefficient (Wildman–Crippen LogP) is 7.80. The van der Waals surface area contributed by atoms with Gasteiger partial charge in [0.05, 0.1) is 11.7 Å². The van der Waals surface area contributed by atoms with E-state index in [0.717, 1.165) is 29.7 Å². The molecule has 46 heavy (non-hydrogen) atoms. The Morgan fingerprint density at radius 3 is 2.04 bits per heavy atom. The van der Waals surface area contributed by atoms with Gasteiger partial charge in [0.1, 0.15) is 0 Å². The van der Waals surface area contributed by atoms with Gasteiger partial charge >= 0.3 is 0 Å². The van der Waals surface area contributed by atoms with Crippen LogP contribution < -0.4 is 10.6 Å². The van der Waals surface area contributed by atoms with Crippen LogP contribution in [-0.2, 0) is 26.7 Å². The minimum atomic E-state index is -4.16. The molecule has 1 aliphatic carbocycles. The van der Waals surface area contributed by atoms with Crippen molar-refractivity contribution in [3.05, 3.63) is 107 Å². The summed E-state index contributed by atoms with van der Waals surface area (Å²) in [5.41, 5.74) is 6.92. The molecule has 0 saturated heterocycles. The SMILES string of the molecule is CC(C)(C)c1ccc(NC(=O)C(Cc2ccc(C(=O)NCCS(=O)(=O)O)cc2)c2ccc(C3=CCC(C(C)(C)C)CC3)cc2)cc1. The van der Waals surface area contributed by atoms with Crippen LogP contribution >= 0.6 is 0 Å². The number of allylic oxidation sites excluding steroid dienone is 2. The molecule has 1 aliphatic rings. The van der Waals surface area contributed by atoms with E-state index in [0.29, 0.717) is 23.3 Å². The highest BCUT2D eigenvalue weighted by atomic mass is 32.2. The molecule has 7 nitrogen and oxygen atoms in total. The van der Waals surface area contributed by atoms with Gasteiger partial charge in [-0.05, 0) is 94.5 Å². The van der Waals surface area contributed by atoms with Crippen LogP contribution in [0.1, 0.15) is 99.3 Å². The van der Waals surface area contributed by atoms with Crippen molar-refractivity contribution in [3.63, 3.8) is 0 Å². The Balaban J connectivity index is 1.53. The van der Waals surface area contributed by atoms with Gasteiger partial charge in [0, 0.05) is 17.8 Å². The monoisotopic (exact) mass is 644 g/mol. The summed E-state index contributed by atoms with van der Waals surface area (Å²) in [6.45, 7) is 13.2. The fraction of sp³-hybridized carbons (Fsp3) is 0.421. The van der Waals surface area contributed by atoms with Gasteiger partial charge in [-0.15, -0.1) is 0 Å². The molecule has 3 aromatic rings. The van der Waals surface area contributed by atoms with Gasteiger partial charge in [-0.2, -0.15) is 8.42 Å². The fourth-order valence-electron chi connectivity index (χ4n) is 5.88. The van der Waals surface area contributed by atoms with Crippen LogP contribution in [-0.4, -0.2) is 37.1 Å². The number of amides is 2. The van der Waals surface area contributed by atoms with Crippen molar-refractivity contribution in [2.75, 3.05) is 17.6 Å². The molecule has 3 N–H and O–H groups in total. The van der Waals surface area contributed by atoms with Gasteiger partial charge in [-0.1, -0.05) is 96.1 Å². The highest BCUT2D eigenvalue weighted by Crippen LogP contribution is 2.40. The summed E-state index contributed by atoms with van der Waals surface area (Å²) < 4.78 is 30.8. The van der Waals surface area contributed by atoms with Crippen molar-refractivity contribution >= 4 is 33.2 Å². The lowest BCUT2D eigenvalue weighted by Crippen LogP contribution is -2.28. The van der Waals surface area contributed by atoms with E-state index in [1.165, 1.54) is 23.1 Å². The Labute approximate surface area is 274 Å². The third kappa shape index (κ3) is 9.87. The fourth-order valence-corrected chi connectivity index (χ4v) is 6.24. The summed E-state index contributed by atoms with van der Waals surface area (Å²) >= 11 is 0. The zero-order chi connectivity index (χ0) is 33.7. The second-order valence-electron chi connectivity index (χ2n) is 14.5. The van der Waals surface area contributed by atoms with Crippen LogP contribution in [0.3, 0.4) is 0 Å². The molecule has 0 heterocycles. The first-order chi connectivity index (χ1) is 21.5. The van der Waals surface area contributed by atoms with Crippen LogP contribution in [0.2, 0.25) is 0 Å². The summed E-state index contributed by atoms with van der Waals surface area (Å²) in [4.78, 5) is 26.3. The summed E-state index contributed by atoms with van der Waals surface area (Å²) in [6.07, 6.45) is 6.09. The molecule has 8 heteroatoms. The molecule has 2 amide bonds. The average molecular weight is 645 g/mol. The van der Waals surface area contributed by atoms with E-state index in [1.807, 2.05) is 36.4 Å². The van der Waals surface area contributed by atoms with Crippen LogP contribution in [0.15, 0.2) is 78.9 Å². The molecule has 0 saturated carbocycles. The maximum absolute atomic E-state index is 13.8. The van der Waals surface area contributed by atoms with Crippen LogP contribution in [0.5, 0.6) is 0 Å². The Kier molecular flexibility index (Phi) is 11.0. The molecule has 0 bridgehead atoms. The lowest BCUT2D eigenvalue weighted by molar-refractivity contribution is -0.117. The lowest BCUT2D eigenvalue weighted by Gasteiger charge is -2.33. The Bertz CT molecular complexity index is 1640. The molecule has 0 fully saturated rings. The van der Waals surface area contributed by atoms with E-state index in [-0.39, 0.29) is 17.9 Å². The molecule has 0 radical (unpaired) electrons. The molecule has 0 aromatic heterocycles. The van der Waals surface area contributed by atoms with Crippen molar-refractivity contribution in [3.8, 4) is 0 Å². The number of carbonyl (C=O) groups is 2. The lowest BCUT2D eigenvalue weighted by atomic mass is 9.72. The zero-order valence-electron chi connectivity index (χ0n) is 27.9. The van der Waals surface area contributed by atoms with E-state index in [1.54, 1.807) is 12.1 Å². The van der Waals surface area contributed by atoms with Crippen molar-refractivity contribution in [1.82, 2.24) is 5.32 Å². The first-order valence-corrected chi connectivity index (χ1v) is 17.6. The highest BCUT2D eigenvalue weighted by Gasteiger charge is 2.27. The molecular weight excluding hydrogens is 596 g/mol. The van der Waals surface area contributed by atoms with Crippen molar-refractivity contribution < 1.29 is 22.6 Å². The van der Waals surface area contributed by atoms with Crippen LogP contribution in [0.4, 0.5) is 5.69 Å². The molecule has 4 rings (SSSR count). The number of anilines is 1. The van der Waals surface area contributed by atoms with Gasteiger partial charge < -0.3 is 10.6 Å². The first kappa shape index (κ1) is 35.1. The first-order valence-electron chi connectivity index (χ1n) is 16.0. The molecule has 246 valence electrons. The van der Waals surface area contributed by atoms with Crippen molar-refractivity contribution in [1.29, 1.82) is 0 Å². The molecule has 0 aliphatic heterocycles. The Morgan fingerprint density at radius 2 is 1.52 bits per heavy atom. The zero-order valence-corrected chi connectivity index (χ0v) is 28.7. The molecule has 2 atom stereocenters. The van der Waals surface area contributed by atoms with Gasteiger partial charge in [0.2, 0.25) is 5.91 Å². The Hall–Kier alpha value is -3.75. The van der Waals surface area contributed by atoms with Gasteiger partial charge in [-0.3, -0.25) is 14.1 Å². The predicted molar refractivity (Wildman–Crippen MR) is 187 cm³/mol. The van der Waals surface area contributed by atoms with E-state index in [4.69, 9.17) is 4.55 Å². The summed E-state index contributed by atoms with van der Waals surface area (Å²) in [5.74, 6) is -0.913. The van der Waals surface area contributed by atoms with Gasteiger partial charge in [-0.25, -0.2) is 0 Å². The smallest absolute Gasteiger partial charge is 0.266 e. The highest BCUT2D eigenvalue weighted by molar-refractivity contribution is 7.85. The van der Waals surface area contributed by atoms with Gasteiger partial charge in [0.25, 0.3) is 16.0 Å². The van der Waals surface area contributed by atoms with Crippen molar-refractivity contribution in [2.24, 2.45) is 11.3 Å². The summed E-state index contributed by atoms with van der Waals surface area (Å²) in [5, 5.41) is 5.61. The van der Waals surface area contributed by atoms with E-state index < -0.39 is 27.7 Å². The number of carbonyl (C=O) groups excluding carboxylic acids is 2. The molecular formula is C38H48N2O5S. The minimum absolute atomic E-state index is 0.00779. The average Bonchev–Trinajstić information content (AvgIpc) is 2.99. The van der Waals surface area contributed by atoms with Crippen LogP contribution in [0.25, 0.3) is 5.57 Å². The second kappa shape index (κ2) is 14.3. The van der Waals surface area contributed by atoms with E-state index >= 15 is 0 Å². The minimum Gasteiger partial charge on any atom is -0.351 e. The number of rotatable bonds is 10. The number of benzene rings is 3. The number of nitrogens with one attached hydrogen (secondary N) is 2. The largest absolute Gasteiger partial charge is 0.351 e. The standard InChI is InChI=1S/C38H48N2O5S/c1-37(2,3)31-17-15-28(16-18-31)27-11-13-29(14-12-27)34(36(42)40-33-21-19-32(20-22-33)38(4,5)6)25-26-7-9-30(10-8-26)35(41)39-23-24-46(43,44)45/h7-15,19-22,31,34H,16-18,23-25H2,1-6H3,(H,39,41)(H,40,42)(H,43,44,45). The van der Waals surface area contributed by atoms with Crippen LogP contribution in [0, 0.1) is 11.3 Å². The van der Waals surface area contributed by atoms with Crippen molar-refractivity contribution in [2.45, 2.75) is 78.6 Å². The molecule has 2 unspecified atom stereocenters. The Morgan fingerprint density at radius 1 is 0.891 bits per heavy atom. The number of hydrogen-bond donors (Lipinski definition) is 3. The molecule has 0 spiro atoms. The summed E-state index contributed by atoms with van der Waals surface area (Å²) in [6, 6.07) is 23.2. The third-order valence-electron chi connectivity index (χ3n) is 8.96. The summed E-state index contributed by atoms with van der Waals surface area (Å²) in [7, 11) is -4.16. The second-order valence-corrected chi connectivity index (χ2v) is 16.1. The van der Waals surface area contributed by atoms with Gasteiger partial charge in [0.15, 0.2) is 0 Å². The maximum Gasteiger partial charge on any atom is 0.266 e. The van der Waals surface area contributed by atoms with E-state index in [9.17, 15) is 18.0 Å². The third-order valence-corrected chi connectivity index (χ3v) is 9.68. The molecule has 3 aromatic carbocycles. The normalized spacial score (nSPS) is 16.3. The number of hydrogen-bond acceptors (Lipinski definition) is 4. The topological polar surface area (TPSA) is 113 Å².